The van der Waals surface area contributed by atoms with Gasteiger partial charge in [0.25, 0.3) is 0 Å². The number of ether oxygens (including phenoxy) is 1. The molecule has 1 saturated heterocycles. The molecular weight excluding hydrogens is 351 g/mol. The number of halogens is 1. The number of hydrogen-bond acceptors (Lipinski definition) is 5. The molecule has 2 aliphatic rings. The summed E-state index contributed by atoms with van der Waals surface area (Å²) in [5, 5.41) is 2.56. The fourth-order valence-electron chi connectivity index (χ4n) is 2.80. The van der Waals surface area contributed by atoms with Crippen LogP contribution in [-0.4, -0.2) is 51.1 Å². The Bertz CT molecular complexity index is 865. The highest BCUT2D eigenvalue weighted by atomic mass is 32.2. The average Bonchev–Trinajstić information content (AvgIpc) is 3.07. The number of cyclic esters (lactones) is 1. The van der Waals surface area contributed by atoms with Crippen LogP contribution >= 0.6 is 0 Å². The van der Waals surface area contributed by atoms with Crippen LogP contribution in [0.15, 0.2) is 24.3 Å². The van der Waals surface area contributed by atoms with E-state index in [-0.39, 0.29) is 36.1 Å². The number of benzene rings is 1. The van der Waals surface area contributed by atoms with Gasteiger partial charge in [0, 0.05) is 12.5 Å². The summed E-state index contributed by atoms with van der Waals surface area (Å²) in [7, 11) is -3.19. The standard InChI is InChI=1S/C16H17FN2O5S/c1-10(20)18-7-13-8-19(16(21)24-13)12-2-3-14(15(17)6-12)11-4-5-25(22,23)9-11/h2-4,6,13H,5,7-9H2,1H3,(H,18,20)/t13-/m0/s1. The molecule has 0 saturated carbocycles. The van der Waals surface area contributed by atoms with Crippen LogP contribution in [0.4, 0.5) is 14.9 Å². The fraction of sp³-hybridized carbons (Fsp3) is 0.375. The summed E-state index contributed by atoms with van der Waals surface area (Å²) in [5.74, 6) is -1.11. The number of anilines is 1. The average molecular weight is 368 g/mol. The molecule has 0 spiro atoms. The minimum absolute atomic E-state index is 0.0905. The van der Waals surface area contributed by atoms with Gasteiger partial charge in [-0.1, -0.05) is 6.08 Å². The maximum Gasteiger partial charge on any atom is 0.414 e. The van der Waals surface area contributed by atoms with Crippen LogP contribution in [0.25, 0.3) is 5.57 Å². The number of sulfone groups is 1. The van der Waals surface area contributed by atoms with Crippen molar-refractivity contribution in [3.05, 3.63) is 35.7 Å². The SMILES string of the molecule is CC(=O)NC[C@H]1CN(c2ccc(C3=CCS(=O)(=O)C3)c(F)c2)C(=O)O1. The largest absolute Gasteiger partial charge is 0.442 e. The van der Waals surface area contributed by atoms with E-state index in [4.69, 9.17) is 4.74 Å². The van der Waals surface area contributed by atoms with Crippen LogP contribution in [0.3, 0.4) is 0 Å². The zero-order valence-corrected chi connectivity index (χ0v) is 14.3. The lowest BCUT2D eigenvalue weighted by molar-refractivity contribution is -0.119. The second-order valence-electron chi connectivity index (χ2n) is 6.00. The van der Waals surface area contributed by atoms with Gasteiger partial charge in [-0.15, -0.1) is 0 Å². The van der Waals surface area contributed by atoms with E-state index in [1.54, 1.807) is 6.07 Å². The summed E-state index contributed by atoms with van der Waals surface area (Å²) >= 11 is 0. The molecule has 9 heteroatoms. The Morgan fingerprint density at radius 2 is 2.20 bits per heavy atom. The van der Waals surface area contributed by atoms with Crippen molar-refractivity contribution in [3.8, 4) is 0 Å². The van der Waals surface area contributed by atoms with Gasteiger partial charge in [0.1, 0.15) is 11.9 Å². The van der Waals surface area contributed by atoms with Crippen molar-refractivity contribution in [2.45, 2.75) is 13.0 Å². The monoisotopic (exact) mass is 368 g/mol. The van der Waals surface area contributed by atoms with Gasteiger partial charge >= 0.3 is 6.09 Å². The van der Waals surface area contributed by atoms with Crippen molar-refractivity contribution in [2.75, 3.05) is 29.5 Å². The van der Waals surface area contributed by atoms with Crippen LogP contribution in [0.5, 0.6) is 0 Å². The van der Waals surface area contributed by atoms with Crippen LogP contribution in [0.2, 0.25) is 0 Å². The van der Waals surface area contributed by atoms with E-state index in [0.29, 0.717) is 11.3 Å². The molecule has 2 aliphatic heterocycles. The van der Waals surface area contributed by atoms with Gasteiger partial charge in [-0.05, 0) is 23.8 Å². The summed E-state index contributed by atoms with van der Waals surface area (Å²) in [6, 6.07) is 4.20. The fourth-order valence-corrected chi connectivity index (χ4v) is 4.12. The summed E-state index contributed by atoms with van der Waals surface area (Å²) < 4.78 is 42.6. The van der Waals surface area contributed by atoms with Crippen molar-refractivity contribution < 1.29 is 27.1 Å². The molecule has 1 aromatic carbocycles. The molecule has 134 valence electrons. The summed E-state index contributed by atoms with van der Waals surface area (Å²) in [6.45, 7) is 1.73. The molecule has 25 heavy (non-hydrogen) atoms. The van der Waals surface area contributed by atoms with Crippen molar-refractivity contribution in [3.63, 3.8) is 0 Å². The van der Waals surface area contributed by atoms with E-state index >= 15 is 0 Å². The molecule has 0 unspecified atom stereocenters. The van der Waals surface area contributed by atoms with E-state index in [0.717, 1.165) is 0 Å². The highest BCUT2D eigenvalue weighted by Crippen LogP contribution is 2.29. The molecule has 0 aliphatic carbocycles. The Hall–Kier alpha value is -2.42. The van der Waals surface area contributed by atoms with Gasteiger partial charge < -0.3 is 10.1 Å². The van der Waals surface area contributed by atoms with Gasteiger partial charge in [-0.2, -0.15) is 0 Å². The molecule has 3 rings (SSSR count). The Labute approximate surface area is 144 Å². The number of hydrogen-bond donors (Lipinski definition) is 1. The Kier molecular flexibility index (Phi) is 4.51. The third-order valence-corrected chi connectivity index (χ3v) is 5.45. The summed E-state index contributed by atoms with van der Waals surface area (Å²) in [6.07, 6.45) is 0.369. The highest BCUT2D eigenvalue weighted by Gasteiger charge is 2.33. The van der Waals surface area contributed by atoms with Crippen LogP contribution in [0, 0.1) is 5.82 Å². The zero-order chi connectivity index (χ0) is 18.2. The van der Waals surface area contributed by atoms with E-state index in [1.165, 1.54) is 30.0 Å². The van der Waals surface area contributed by atoms with Crippen LogP contribution in [-0.2, 0) is 19.4 Å². The summed E-state index contributed by atoms with van der Waals surface area (Å²) in [4.78, 5) is 24.1. The topological polar surface area (TPSA) is 92.8 Å². The van der Waals surface area contributed by atoms with E-state index in [9.17, 15) is 22.4 Å². The third-order valence-electron chi connectivity index (χ3n) is 4.02. The first kappa shape index (κ1) is 17.4. The molecule has 7 nitrogen and oxygen atoms in total. The maximum absolute atomic E-state index is 14.4. The van der Waals surface area contributed by atoms with Crippen molar-refractivity contribution in [1.29, 1.82) is 0 Å². The van der Waals surface area contributed by atoms with Crippen molar-refractivity contribution >= 4 is 33.1 Å². The first-order chi connectivity index (χ1) is 11.7. The van der Waals surface area contributed by atoms with E-state index in [2.05, 4.69) is 5.32 Å². The number of rotatable bonds is 4. The minimum atomic E-state index is -3.19. The minimum Gasteiger partial charge on any atom is -0.442 e. The molecule has 1 atom stereocenters. The predicted molar refractivity (Wildman–Crippen MR) is 89.3 cm³/mol. The lowest BCUT2D eigenvalue weighted by atomic mass is 10.1. The van der Waals surface area contributed by atoms with E-state index in [1.807, 2.05) is 0 Å². The number of carbonyl (C=O) groups excluding carboxylic acids is 2. The number of carbonyl (C=O) groups is 2. The Balaban J connectivity index is 1.75. The van der Waals surface area contributed by atoms with Gasteiger partial charge in [0.15, 0.2) is 9.84 Å². The first-order valence-corrected chi connectivity index (χ1v) is 9.49. The van der Waals surface area contributed by atoms with Crippen molar-refractivity contribution in [1.82, 2.24) is 5.32 Å². The highest BCUT2D eigenvalue weighted by molar-refractivity contribution is 7.92. The Morgan fingerprint density at radius 3 is 2.80 bits per heavy atom. The van der Waals surface area contributed by atoms with Gasteiger partial charge in [-0.25, -0.2) is 17.6 Å². The maximum atomic E-state index is 14.4. The first-order valence-electron chi connectivity index (χ1n) is 7.67. The second-order valence-corrected chi connectivity index (χ2v) is 8.11. The lowest BCUT2D eigenvalue weighted by Crippen LogP contribution is -2.33. The van der Waals surface area contributed by atoms with Gasteiger partial charge in [0.2, 0.25) is 5.91 Å². The number of nitrogens with one attached hydrogen (secondary N) is 1. The van der Waals surface area contributed by atoms with Gasteiger partial charge in [0.05, 0.1) is 30.3 Å². The number of amides is 2. The smallest absolute Gasteiger partial charge is 0.414 e. The molecule has 1 N–H and O–H groups in total. The molecule has 2 amide bonds. The predicted octanol–water partition coefficient (Wildman–Crippen LogP) is 1.10. The second kappa shape index (κ2) is 6.47. The molecular formula is C16H17FN2O5S. The summed E-state index contributed by atoms with van der Waals surface area (Å²) in [5.41, 5.74) is 0.960. The third kappa shape index (κ3) is 3.81. The molecule has 1 aromatic rings. The normalized spacial score (nSPS) is 21.8. The van der Waals surface area contributed by atoms with Crippen LogP contribution in [0.1, 0.15) is 12.5 Å². The van der Waals surface area contributed by atoms with Crippen LogP contribution < -0.4 is 10.2 Å². The van der Waals surface area contributed by atoms with E-state index < -0.39 is 27.9 Å². The van der Waals surface area contributed by atoms with Gasteiger partial charge in [-0.3, -0.25) is 9.69 Å². The molecule has 0 radical (unpaired) electrons. The van der Waals surface area contributed by atoms with Crippen molar-refractivity contribution in [2.24, 2.45) is 0 Å². The lowest BCUT2D eigenvalue weighted by Gasteiger charge is -2.14. The molecule has 0 aromatic heterocycles. The number of nitrogens with zero attached hydrogens (tertiary/aromatic N) is 1. The molecule has 0 bridgehead atoms. The Morgan fingerprint density at radius 1 is 1.44 bits per heavy atom. The quantitative estimate of drug-likeness (QED) is 0.859. The molecule has 2 heterocycles. The molecule has 1 fully saturated rings. The zero-order valence-electron chi connectivity index (χ0n) is 13.5.